The summed E-state index contributed by atoms with van der Waals surface area (Å²) in [7, 11) is 1.55. The van der Waals surface area contributed by atoms with Crippen LogP contribution in [0.25, 0.3) is 0 Å². The fourth-order valence-electron chi connectivity index (χ4n) is 0.851. The van der Waals surface area contributed by atoms with Crippen LogP contribution in [0.1, 0.15) is 18.7 Å². The molecule has 0 aliphatic heterocycles. The number of hydrogen-bond donors (Lipinski definition) is 1. The summed E-state index contributed by atoms with van der Waals surface area (Å²) in [6.07, 6.45) is 1.01. The minimum atomic E-state index is -0.545. The van der Waals surface area contributed by atoms with Gasteiger partial charge in [-0.1, -0.05) is 0 Å². The van der Waals surface area contributed by atoms with Crippen molar-refractivity contribution in [2.45, 2.75) is 13.0 Å². The summed E-state index contributed by atoms with van der Waals surface area (Å²) in [5, 5.41) is 9.16. The number of rotatable bonds is 4. The average molecular weight is 183 g/mol. The predicted octanol–water partition coefficient (Wildman–Crippen LogP) is 1.12. The number of hydrogen-bond acceptors (Lipinski definition) is 4. The average Bonchev–Trinajstić information content (AvgIpc) is 2.15. The fourth-order valence-corrected chi connectivity index (χ4v) is 0.851. The summed E-state index contributed by atoms with van der Waals surface area (Å²) in [6, 6.07) is 3.46. The maximum absolute atomic E-state index is 9.16. The zero-order valence-electron chi connectivity index (χ0n) is 7.73. The molecular weight excluding hydrogens is 170 g/mol. The molecule has 4 nitrogen and oxygen atoms in total. The first-order valence-electron chi connectivity index (χ1n) is 4.00. The third-order valence-electron chi connectivity index (χ3n) is 1.53. The lowest BCUT2D eigenvalue weighted by atomic mass is 10.2. The quantitative estimate of drug-likeness (QED) is 0.710. The van der Waals surface area contributed by atoms with Gasteiger partial charge in [-0.15, -0.1) is 0 Å². The largest absolute Gasteiger partial charge is 0.466 e. The van der Waals surface area contributed by atoms with Gasteiger partial charge < -0.3 is 14.6 Å². The lowest BCUT2D eigenvalue weighted by Crippen LogP contribution is -2.00. The van der Waals surface area contributed by atoms with Gasteiger partial charge in [-0.25, -0.2) is 0 Å². The lowest BCUT2D eigenvalue weighted by molar-refractivity contribution is 0.0508. The van der Waals surface area contributed by atoms with Crippen molar-refractivity contribution in [3.63, 3.8) is 0 Å². The van der Waals surface area contributed by atoms with Crippen molar-refractivity contribution < 1.29 is 14.6 Å². The molecule has 4 heteroatoms. The molecule has 1 aromatic rings. The molecule has 0 amide bonds. The van der Waals surface area contributed by atoms with Crippen LogP contribution in [0.5, 0.6) is 5.75 Å². The second-order valence-electron chi connectivity index (χ2n) is 2.65. The summed E-state index contributed by atoms with van der Waals surface area (Å²) in [6.45, 7) is 1.87. The van der Waals surface area contributed by atoms with E-state index in [0.29, 0.717) is 11.4 Å². The Hall–Kier alpha value is -1.13. The Morgan fingerprint density at radius 3 is 2.77 bits per heavy atom. The maximum Gasteiger partial charge on any atom is 0.188 e. The second kappa shape index (κ2) is 4.79. The highest BCUT2D eigenvalue weighted by molar-refractivity contribution is 5.20. The van der Waals surface area contributed by atoms with E-state index in [0.717, 1.165) is 0 Å². The first-order chi connectivity index (χ1) is 6.24. The molecule has 0 aromatic carbocycles. The van der Waals surface area contributed by atoms with E-state index in [1.807, 2.05) is 0 Å². The number of aliphatic hydroxyl groups is 1. The molecule has 13 heavy (non-hydrogen) atoms. The zero-order chi connectivity index (χ0) is 9.68. The number of ether oxygens (including phenoxy) is 2. The van der Waals surface area contributed by atoms with Crippen LogP contribution >= 0.6 is 0 Å². The summed E-state index contributed by atoms with van der Waals surface area (Å²) < 4.78 is 9.85. The van der Waals surface area contributed by atoms with E-state index in [4.69, 9.17) is 14.6 Å². The molecule has 1 heterocycles. The summed E-state index contributed by atoms with van der Waals surface area (Å²) in [5.74, 6) is 0.631. The van der Waals surface area contributed by atoms with Gasteiger partial charge in [0, 0.05) is 7.11 Å². The van der Waals surface area contributed by atoms with Crippen molar-refractivity contribution in [1.82, 2.24) is 4.98 Å². The number of pyridine rings is 1. The third kappa shape index (κ3) is 3.01. The number of methoxy groups -OCH3 is 1. The van der Waals surface area contributed by atoms with E-state index in [1.54, 1.807) is 32.4 Å². The van der Waals surface area contributed by atoms with Crippen LogP contribution in [-0.2, 0) is 4.74 Å². The Kier molecular flexibility index (Phi) is 3.67. The van der Waals surface area contributed by atoms with Gasteiger partial charge >= 0.3 is 0 Å². The van der Waals surface area contributed by atoms with E-state index < -0.39 is 6.10 Å². The molecule has 1 aromatic heterocycles. The summed E-state index contributed by atoms with van der Waals surface area (Å²) in [4.78, 5) is 4.00. The van der Waals surface area contributed by atoms with Crippen LogP contribution in [0, 0.1) is 0 Å². The molecule has 0 saturated heterocycles. The van der Waals surface area contributed by atoms with Crippen molar-refractivity contribution in [2.24, 2.45) is 0 Å². The Labute approximate surface area is 77.1 Å². The molecule has 1 N–H and O–H groups in total. The van der Waals surface area contributed by atoms with Gasteiger partial charge in [0.15, 0.2) is 6.79 Å². The predicted molar refractivity (Wildman–Crippen MR) is 47.4 cm³/mol. The monoisotopic (exact) mass is 183 g/mol. The minimum absolute atomic E-state index is 0.204. The highest BCUT2D eigenvalue weighted by Gasteiger charge is 2.01. The molecule has 0 aliphatic carbocycles. The molecule has 0 spiro atoms. The molecule has 0 radical (unpaired) electrons. The van der Waals surface area contributed by atoms with Crippen molar-refractivity contribution in [3.05, 3.63) is 24.0 Å². The first-order valence-corrected chi connectivity index (χ1v) is 4.00. The van der Waals surface area contributed by atoms with Gasteiger partial charge in [0.25, 0.3) is 0 Å². The maximum atomic E-state index is 9.16. The van der Waals surface area contributed by atoms with E-state index >= 15 is 0 Å². The van der Waals surface area contributed by atoms with Crippen LogP contribution in [0.4, 0.5) is 0 Å². The van der Waals surface area contributed by atoms with Crippen LogP contribution in [0.3, 0.4) is 0 Å². The normalized spacial score (nSPS) is 12.5. The SMILES string of the molecule is COCOc1ccc(C(C)O)nc1. The molecule has 0 bridgehead atoms. The van der Waals surface area contributed by atoms with Crippen LogP contribution < -0.4 is 4.74 Å². The molecule has 0 fully saturated rings. The van der Waals surface area contributed by atoms with Crippen molar-refractivity contribution in [2.75, 3.05) is 13.9 Å². The van der Waals surface area contributed by atoms with Gasteiger partial charge in [-0.05, 0) is 19.1 Å². The lowest BCUT2D eigenvalue weighted by Gasteiger charge is -2.06. The zero-order valence-corrected chi connectivity index (χ0v) is 7.73. The number of nitrogens with zero attached hydrogens (tertiary/aromatic N) is 1. The molecule has 1 atom stereocenters. The van der Waals surface area contributed by atoms with Crippen LogP contribution in [-0.4, -0.2) is 24.0 Å². The van der Waals surface area contributed by atoms with Gasteiger partial charge in [0.05, 0.1) is 18.0 Å². The van der Waals surface area contributed by atoms with Crippen molar-refractivity contribution >= 4 is 0 Å². The van der Waals surface area contributed by atoms with Crippen molar-refractivity contribution in [3.8, 4) is 5.75 Å². The Bertz CT molecular complexity index is 246. The molecule has 72 valence electrons. The van der Waals surface area contributed by atoms with Gasteiger partial charge in [-0.2, -0.15) is 0 Å². The van der Waals surface area contributed by atoms with Gasteiger partial charge in [-0.3, -0.25) is 4.98 Å². The minimum Gasteiger partial charge on any atom is -0.466 e. The molecular formula is C9H13NO3. The summed E-state index contributed by atoms with van der Waals surface area (Å²) in [5.41, 5.74) is 0.629. The van der Waals surface area contributed by atoms with E-state index in [1.165, 1.54) is 0 Å². The summed E-state index contributed by atoms with van der Waals surface area (Å²) >= 11 is 0. The fraction of sp³-hybridized carbons (Fsp3) is 0.444. The standard InChI is InChI=1S/C9H13NO3/c1-7(11)9-4-3-8(5-10-9)13-6-12-2/h3-5,7,11H,6H2,1-2H3. The number of aromatic nitrogens is 1. The topological polar surface area (TPSA) is 51.6 Å². The molecule has 1 unspecified atom stereocenters. The van der Waals surface area contributed by atoms with Gasteiger partial charge in [0.1, 0.15) is 5.75 Å². The van der Waals surface area contributed by atoms with Gasteiger partial charge in [0.2, 0.25) is 0 Å². The van der Waals surface area contributed by atoms with E-state index in [9.17, 15) is 0 Å². The number of aliphatic hydroxyl groups excluding tert-OH is 1. The van der Waals surface area contributed by atoms with E-state index in [2.05, 4.69) is 4.98 Å². The smallest absolute Gasteiger partial charge is 0.188 e. The Balaban J connectivity index is 2.59. The van der Waals surface area contributed by atoms with E-state index in [-0.39, 0.29) is 6.79 Å². The third-order valence-corrected chi connectivity index (χ3v) is 1.53. The highest BCUT2D eigenvalue weighted by atomic mass is 16.7. The second-order valence-corrected chi connectivity index (χ2v) is 2.65. The van der Waals surface area contributed by atoms with Crippen LogP contribution in [0.2, 0.25) is 0 Å². The Morgan fingerprint density at radius 2 is 2.31 bits per heavy atom. The first kappa shape index (κ1) is 9.95. The molecule has 0 aliphatic rings. The molecule has 0 saturated carbocycles. The van der Waals surface area contributed by atoms with Crippen LogP contribution in [0.15, 0.2) is 18.3 Å². The molecule has 1 rings (SSSR count). The van der Waals surface area contributed by atoms with Crippen molar-refractivity contribution in [1.29, 1.82) is 0 Å². The Morgan fingerprint density at radius 1 is 1.54 bits per heavy atom. The highest BCUT2D eigenvalue weighted by Crippen LogP contribution is 2.13.